The van der Waals surface area contributed by atoms with Crippen LogP contribution in [0.4, 0.5) is 10.3 Å². The molecule has 168 valence electrons. The summed E-state index contributed by atoms with van der Waals surface area (Å²) in [7, 11) is 0. The van der Waals surface area contributed by atoms with Crippen LogP contribution < -0.4 is 10.6 Å². The van der Waals surface area contributed by atoms with Gasteiger partial charge < -0.3 is 10.0 Å². The van der Waals surface area contributed by atoms with Crippen LogP contribution >= 0.6 is 11.3 Å². The Morgan fingerprint density at radius 2 is 2.00 bits per heavy atom. The highest BCUT2D eigenvalue weighted by Gasteiger charge is 2.25. The number of nitrogens with zero attached hydrogens (tertiary/aromatic N) is 5. The molecule has 0 aliphatic carbocycles. The summed E-state index contributed by atoms with van der Waals surface area (Å²) < 4.78 is 15.0. The Balaban J connectivity index is 1.50. The zero-order valence-corrected chi connectivity index (χ0v) is 19.4. The maximum absolute atomic E-state index is 13.5. The van der Waals surface area contributed by atoms with Gasteiger partial charge in [-0.2, -0.15) is 4.98 Å². The molecule has 3 aromatic heterocycles. The fourth-order valence-electron chi connectivity index (χ4n) is 3.51. The smallest absolute Gasteiger partial charge is 0.352 e. The van der Waals surface area contributed by atoms with Crippen LogP contribution in [0, 0.1) is 12.7 Å². The number of thiophene rings is 1. The summed E-state index contributed by atoms with van der Waals surface area (Å²) >= 11 is 1.68. The average molecular weight is 456 g/mol. The van der Waals surface area contributed by atoms with Crippen LogP contribution in [0.5, 0.6) is 0 Å². The van der Waals surface area contributed by atoms with Gasteiger partial charge in [0.2, 0.25) is 5.95 Å². The lowest BCUT2D eigenvalue weighted by atomic mass is 9.95. The van der Waals surface area contributed by atoms with Crippen LogP contribution in [-0.2, 0) is 12.0 Å². The Morgan fingerprint density at radius 3 is 2.62 bits per heavy atom. The summed E-state index contributed by atoms with van der Waals surface area (Å²) in [5.74, 6) is -0.113. The van der Waals surface area contributed by atoms with Gasteiger partial charge in [-0.05, 0) is 36.6 Å². The molecule has 0 bridgehead atoms. The van der Waals surface area contributed by atoms with Crippen molar-refractivity contribution in [3.8, 4) is 0 Å². The van der Waals surface area contributed by atoms with Crippen LogP contribution in [0.1, 0.15) is 41.9 Å². The second kappa shape index (κ2) is 8.55. The SMILES string of the molecule is Cc1nc(C2=CCN(c3ncn(Cc4ccc(C(C)(C)C)s4)c(=O)n3)C[C@@H]2O)ccc1F. The molecule has 0 fully saturated rings. The van der Waals surface area contributed by atoms with Crippen LogP contribution in [-0.4, -0.2) is 43.8 Å². The number of rotatable bonds is 4. The van der Waals surface area contributed by atoms with E-state index in [9.17, 15) is 14.3 Å². The minimum absolute atomic E-state index is 0.0673. The highest BCUT2D eigenvalue weighted by atomic mass is 32.1. The van der Waals surface area contributed by atoms with Gasteiger partial charge in [0.05, 0.1) is 30.6 Å². The maximum Gasteiger partial charge on any atom is 0.352 e. The number of β-amino-alcohol motifs (C(OH)–C–C–N with tert-alkyl or cyclic N) is 1. The third-order valence-electron chi connectivity index (χ3n) is 5.36. The molecule has 1 N–H and O–H groups in total. The maximum atomic E-state index is 13.5. The summed E-state index contributed by atoms with van der Waals surface area (Å²) in [5, 5.41) is 10.6. The van der Waals surface area contributed by atoms with Crippen molar-refractivity contribution in [2.75, 3.05) is 18.0 Å². The van der Waals surface area contributed by atoms with Gasteiger partial charge in [-0.3, -0.25) is 9.55 Å². The first-order valence-corrected chi connectivity index (χ1v) is 11.2. The monoisotopic (exact) mass is 455 g/mol. The lowest BCUT2D eigenvalue weighted by Gasteiger charge is -2.30. The van der Waals surface area contributed by atoms with Gasteiger partial charge in [0.25, 0.3) is 0 Å². The number of aliphatic hydroxyl groups is 1. The normalized spacial score (nSPS) is 16.9. The molecule has 0 amide bonds. The zero-order chi connectivity index (χ0) is 23.0. The molecule has 9 heteroatoms. The summed E-state index contributed by atoms with van der Waals surface area (Å²) in [6, 6.07) is 7.03. The number of aliphatic hydroxyl groups excluding tert-OH is 1. The Bertz CT molecular complexity index is 1230. The van der Waals surface area contributed by atoms with E-state index in [4.69, 9.17) is 0 Å². The largest absolute Gasteiger partial charge is 0.386 e. The summed E-state index contributed by atoms with van der Waals surface area (Å²) in [5.41, 5.74) is 1.13. The second-order valence-corrected chi connectivity index (χ2v) is 10.1. The van der Waals surface area contributed by atoms with E-state index in [1.54, 1.807) is 29.2 Å². The van der Waals surface area contributed by atoms with E-state index in [0.717, 1.165) is 4.88 Å². The molecule has 0 saturated carbocycles. The van der Waals surface area contributed by atoms with Gasteiger partial charge in [-0.1, -0.05) is 26.8 Å². The second-order valence-electron chi connectivity index (χ2n) is 8.93. The molecule has 0 spiro atoms. The number of halogens is 1. The van der Waals surface area contributed by atoms with Gasteiger partial charge in [0.15, 0.2) is 0 Å². The van der Waals surface area contributed by atoms with E-state index in [2.05, 4.69) is 41.8 Å². The molecular weight excluding hydrogens is 429 g/mol. The van der Waals surface area contributed by atoms with E-state index in [-0.39, 0.29) is 35.1 Å². The molecule has 7 nitrogen and oxygen atoms in total. The summed E-state index contributed by atoms with van der Waals surface area (Å²) in [4.78, 5) is 29.4. The van der Waals surface area contributed by atoms with E-state index >= 15 is 0 Å². The standard InChI is InChI=1S/C23H26FN5O2S/c1-14-17(24)6-7-18(26-14)16-9-10-28(12-19(16)30)21-25-13-29(22(31)27-21)11-15-5-8-20(32-15)23(2,3)4/h5-9,13,19,30H,10-12H2,1-4H3/t19-/m0/s1. The molecule has 1 atom stereocenters. The lowest BCUT2D eigenvalue weighted by Crippen LogP contribution is -2.40. The van der Waals surface area contributed by atoms with Crippen molar-refractivity contribution >= 4 is 22.9 Å². The molecule has 3 aromatic rings. The predicted octanol–water partition coefficient (Wildman–Crippen LogP) is 3.15. The minimum atomic E-state index is -0.853. The third-order valence-corrected chi connectivity index (χ3v) is 6.86. The number of pyridine rings is 1. The van der Waals surface area contributed by atoms with Crippen molar-refractivity contribution in [3.63, 3.8) is 0 Å². The quantitative estimate of drug-likeness (QED) is 0.651. The van der Waals surface area contributed by atoms with Crippen LogP contribution in [0.2, 0.25) is 0 Å². The summed E-state index contributed by atoms with van der Waals surface area (Å²) in [6.45, 7) is 9.11. The molecule has 1 aliphatic heterocycles. The van der Waals surface area contributed by atoms with Crippen molar-refractivity contribution in [1.29, 1.82) is 0 Å². The van der Waals surface area contributed by atoms with E-state index in [0.29, 0.717) is 24.4 Å². The van der Waals surface area contributed by atoms with Gasteiger partial charge in [0.1, 0.15) is 12.1 Å². The Labute approximate surface area is 189 Å². The molecule has 4 heterocycles. The van der Waals surface area contributed by atoms with E-state index in [1.165, 1.54) is 21.8 Å². The molecule has 0 aromatic carbocycles. The first kappa shape index (κ1) is 22.3. The fourth-order valence-corrected chi connectivity index (χ4v) is 4.58. The van der Waals surface area contributed by atoms with Crippen molar-refractivity contribution in [1.82, 2.24) is 19.5 Å². The predicted molar refractivity (Wildman–Crippen MR) is 124 cm³/mol. The third kappa shape index (κ3) is 4.63. The molecule has 4 rings (SSSR count). The van der Waals surface area contributed by atoms with Crippen molar-refractivity contribution in [3.05, 3.63) is 74.1 Å². The number of aryl methyl sites for hydroxylation is 1. The minimum Gasteiger partial charge on any atom is -0.386 e. The van der Waals surface area contributed by atoms with Crippen molar-refractivity contribution in [2.24, 2.45) is 0 Å². The summed E-state index contributed by atoms with van der Waals surface area (Å²) in [6.07, 6.45) is 2.45. The first-order chi connectivity index (χ1) is 15.1. The number of aromatic nitrogens is 4. The zero-order valence-electron chi connectivity index (χ0n) is 18.5. The number of hydrogen-bond acceptors (Lipinski definition) is 7. The molecule has 0 radical (unpaired) electrons. The van der Waals surface area contributed by atoms with E-state index in [1.807, 2.05) is 12.1 Å². The van der Waals surface area contributed by atoms with Gasteiger partial charge >= 0.3 is 5.69 Å². The topological polar surface area (TPSA) is 84.1 Å². The highest BCUT2D eigenvalue weighted by molar-refractivity contribution is 7.12. The highest BCUT2D eigenvalue weighted by Crippen LogP contribution is 2.29. The van der Waals surface area contributed by atoms with Gasteiger partial charge in [-0.25, -0.2) is 14.2 Å². The van der Waals surface area contributed by atoms with Crippen molar-refractivity contribution in [2.45, 2.75) is 45.8 Å². The molecule has 0 saturated heterocycles. The molecule has 32 heavy (non-hydrogen) atoms. The van der Waals surface area contributed by atoms with Crippen LogP contribution in [0.25, 0.3) is 5.57 Å². The fraction of sp³-hybridized carbons (Fsp3) is 0.391. The van der Waals surface area contributed by atoms with Crippen LogP contribution in [0.15, 0.2) is 41.5 Å². The van der Waals surface area contributed by atoms with Crippen molar-refractivity contribution < 1.29 is 9.50 Å². The molecule has 0 unspecified atom stereocenters. The first-order valence-electron chi connectivity index (χ1n) is 10.4. The lowest BCUT2D eigenvalue weighted by molar-refractivity contribution is 0.233. The molecular formula is C23H26FN5O2S. The Hall–Kier alpha value is -2.91. The van der Waals surface area contributed by atoms with Gasteiger partial charge in [-0.15, -0.1) is 11.3 Å². The number of hydrogen-bond donors (Lipinski definition) is 1. The van der Waals surface area contributed by atoms with Gasteiger partial charge in [0, 0.05) is 21.9 Å². The Kier molecular flexibility index (Phi) is 5.96. The molecule has 1 aliphatic rings. The van der Waals surface area contributed by atoms with Crippen LogP contribution in [0.3, 0.4) is 0 Å². The Morgan fingerprint density at radius 1 is 1.22 bits per heavy atom. The average Bonchev–Trinajstić information content (AvgIpc) is 3.21. The number of anilines is 1. The van der Waals surface area contributed by atoms with E-state index < -0.39 is 6.10 Å².